The second-order valence-electron chi connectivity index (χ2n) is 6.15. The van der Waals surface area contributed by atoms with Gasteiger partial charge in [0.25, 0.3) is 0 Å². The SMILES string of the molecule is CN=C(NCc1ccc(-n2ccnc2C)c(F)c1)NCc1sc(C)nc1C.I. The van der Waals surface area contributed by atoms with Crippen LogP contribution in [0.25, 0.3) is 5.69 Å². The minimum absolute atomic E-state index is 0. The Bertz CT molecular complexity index is 965. The fourth-order valence-electron chi connectivity index (χ4n) is 2.80. The molecule has 0 bridgehead atoms. The van der Waals surface area contributed by atoms with Crippen molar-refractivity contribution in [2.24, 2.45) is 4.99 Å². The van der Waals surface area contributed by atoms with Crippen LogP contribution in [-0.2, 0) is 13.1 Å². The number of imidazole rings is 1. The first-order valence-electron chi connectivity index (χ1n) is 8.64. The van der Waals surface area contributed by atoms with E-state index in [1.165, 1.54) is 10.9 Å². The summed E-state index contributed by atoms with van der Waals surface area (Å²) in [5.41, 5.74) is 2.36. The van der Waals surface area contributed by atoms with E-state index < -0.39 is 0 Å². The average Bonchev–Trinajstić information content (AvgIpc) is 3.20. The van der Waals surface area contributed by atoms with E-state index in [4.69, 9.17) is 0 Å². The molecule has 0 aliphatic heterocycles. The highest BCUT2D eigenvalue weighted by atomic mass is 127. The molecule has 9 heteroatoms. The van der Waals surface area contributed by atoms with Crippen LogP contribution in [0.4, 0.5) is 4.39 Å². The molecular formula is C19H24FIN6S. The molecule has 1 aromatic carbocycles. The number of nitrogens with one attached hydrogen (secondary N) is 2. The highest BCUT2D eigenvalue weighted by molar-refractivity contribution is 14.0. The van der Waals surface area contributed by atoms with Crippen molar-refractivity contribution in [3.63, 3.8) is 0 Å². The smallest absolute Gasteiger partial charge is 0.191 e. The maximum Gasteiger partial charge on any atom is 0.191 e. The van der Waals surface area contributed by atoms with Crippen molar-refractivity contribution in [2.45, 2.75) is 33.9 Å². The normalized spacial score (nSPS) is 11.2. The number of aromatic nitrogens is 3. The lowest BCUT2D eigenvalue weighted by molar-refractivity contribution is 0.613. The largest absolute Gasteiger partial charge is 0.352 e. The van der Waals surface area contributed by atoms with Gasteiger partial charge in [-0.15, -0.1) is 35.3 Å². The van der Waals surface area contributed by atoms with Gasteiger partial charge in [-0.1, -0.05) is 6.07 Å². The second kappa shape index (κ2) is 9.97. The maximum absolute atomic E-state index is 14.5. The molecule has 0 amide bonds. The Balaban J connectivity index is 0.00000280. The zero-order valence-corrected chi connectivity index (χ0v) is 19.4. The number of aliphatic imine (C=N–C) groups is 1. The molecule has 3 rings (SSSR count). The first kappa shape index (κ1) is 22.3. The Morgan fingerprint density at radius 1 is 1.21 bits per heavy atom. The number of halogens is 2. The van der Waals surface area contributed by atoms with Gasteiger partial charge in [-0.2, -0.15) is 0 Å². The van der Waals surface area contributed by atoms with Gasteiger partial charge >= 0.3 is 0 Å². The predicted octanol–water partition coefficient (Wildman–Crippen LogP) is 3.88. The number of hydrogen-bond donors (Lipinski definition) is 2. The summed E-state index contributed by atoms with van der Waals surface area (Å²) < 4.78 is 16.2. The zero-order chi connectivity index (χ0) is 19.4. The number of thiazole rings is 1. The first-order chi connectivity index (χ1) is 13.0. The van der Waals surface area contributed by atoms with E-state index in [0.29, 0.717) is 24.7 Å². The van der Waals surface area contributed by atoms with Crippen LogP contribution in [0.1, 0.15) is 27.0 Å². The van der Waals surface area contributed by atoms with E-state index in [0.717, 1.165) is 22.1 Å². The van der Waals surface area contributed by atoms with Crippen molar-refractivity contribution in [3.8, 4) is 5.69 Å². The molecule has 2 N–H and O–H groups in total. The van der Waals surface area contributed by atoms with Crippen LogP contribution in [0.5, 0.6) is 0 Å². The number of rotatable bonds is 5. The van der Waals surface area contributed by atoms with E-state index in [1.54, 1.807) is 41.4 Å². The quantitative estimate of drug-likeness (QED) is 0.308. The Kier molecular flexibility index (Phi) is 7.93. The predicted molar refractivity (Wildman–Crippen MR) is 122 cm³/mol. The molecule has 0 fully saturated rings. The summed E-state index contributed by atoms with van der Waals surface area (Å²) >= 11 is 1.67. The summed E-state index contributed by atoms with van der Waals surface area (Å²) in [4.78, 5) is 14.0. The molecule has 0 aliphatic carbocycles. The van der Waals surface area contributed by atoms with E-state index >= 15 is 0 Å². The topological polar surface area (TPSA) is 67.1 Å². The van der Waals surface area contributed by atoms with Crippen LogP contribution in [-0.4, -0.2) is 27.5 Å². The summed E-state index contributed by atoms with van der Waals surface area (Å²) in [6.07, 6.45) is 3.41. The van der Waals surface area contributed by atoms with Crippen LogP contribution >= 0.6 is 35.3 Å². The molecule has 0 spiro atoms. The second-order valence-corrected chi connectivity index (χ2v) is 7.44. The first-order valence-corrected chi connectivity index (χ1v) is 9.45. The molecule has 28 heavy (non-hydrogen) atoms. The molecule has 0 saturated carbocycles. The Hall–Kier alpha value is -2.01. The Morgan fingerprint density at radius 2 is 1.96 bits per heavy atom. The van der Waals surface area contributed by atoms with Gasteiger partial charge in [-0.25, -0.2) is 14.4 Å². The summed E-state index contributed by atoms with van der Waals surface area (Å²) in [5.74, 6) is 1.13. The summed E-state index contributed by atoms with van der Waals surface area (Å²) in [6, 6.07) is 5.20. The van der Waals surface area contributed by atoms with E-state index in [1.807, 2.05) is 26.8 Å². The molecule has 0 unspecified atom stereocenters. The van der Waals surface area contributed by atoms with Crippen LogP contribution in [0.3, 0.4) is 0 Å². The van der Waals surface area contributed by atoms with Gasteiger partial charge in [0.2, 0.25) is 0 Å². The van der Waals surface area contributed by atoms with Gasteiger partial charge in [-0.05, 0) is 38.5 Å². The monoisotopic (exact) mass is 514 g/mol. The van der Waals surface area contributed by atoms with Crippen molar-refractivity contribution in [2.75, 3.05) is 7.05 Å². The number of nitrogens with zero attached hydrogens (tertiary/aromatic N) is 4. The van der Waals surface area contributed by atoms with Gasteiger partial charge in [0, 0.05) is 30.9 Å². The minimum Gasteiger partial charge on any atom is -0.352 e. The number of aryl methyl sites for hydroxylation is 3. The molecule has 6 nitrogen and oxygen atoms in total. The van der Waals surface area contributed by atoms with Gasteiger partial charge in [0.15, 0.2) is 5.96 Å². The fraction of sp³-hybridized carbons (Fsp3) is 0.316. The van der Waals surface area contributed by atoms with Crippen molar-refractivity contribution in [1.82, 2.24) is 25.2 Å². The Morgan fingerprint density at radius 3 is 2.54 bits per heavy atom. The van der Waals surface area contributed by atoms with Crippen LogP contribution in [0.15, 0.2) is 35.6 Å². The highest BCUT2D eigenvalue weighted by Crippen LogP contribution is 2.17. The van der Waals surface area contributed by atoms with Crippen LogP contribution in [0.2, 0.25) is 0 Å². The molecular weight excluding hydrogens is 490 g/mol. The molecule has 2 heterocycles. The van der Waals surface area contributed by atoms with E-state index in [2.05, 4.69) is 25.6 Å². The van der Waals surface area contributed by atoms with Crippen molar-refractivity contribution in [1.29, 1.82) is 0 Å². The fourth-order valence-corrected chi connectivity index (χ4v) is 3.67. The lowest BCUT2D eigenvalue weighted by Gasteiger charge is -2.13. The van der Waals surface area contributed by atoms with Gasteiger partial charge in [0.05, 0.1) is 22.9 Å². The lowest BCUT2D eigenvalue weighted by Crippen LogP contribution is -2.36. The highest BCUT2D eigenvalue weighted by Gasteiger charge is 2.09. The third kappa shape index (κ3) is 5.28. The van der Waals surface area contributed by atoms with Crippen LogP contribution in [0, 0.1) is 26.6 Å². The standard InChI is InChI=1S/C19H23FN6S.HI/c1-12-18(27-14(3)25-12)11-24-19(21-4)23-10-15-5-6-17(16(20)9-15)26-8-7-22-13(26)2;/h5-9H,10-11H2,1-4H3,(H2,21,23,24);1H. The Labute approximate surface area is 185 Å². The van der Waals surface area contributed by atoms with Crippen molar-refractivity contribution >= 4 is 41.3 Å². The lowest BCUT2D eigenvalue weighted by atomic mass is 10.2. The molecule has 2 aromatic heterocycles. The molecule has 0 atom stereocenters. The molecule has 3 aromatic rings. The van der Waals surface area contributed by atoms with Crippen molar-refractivity contribution in [3.05, 3.63) is 63.4 Å². The summed E-state index contributed by atoms with van der Waals surface area (Å²) in [5, 5.41) is 7.53. The third-order valence-corrected chi connectivity index (χ3v) is 5.27. The number of hydrogen-bond acceptors (Lipinski definition) is 4. The summed E-state index contributed by atoms with van der Waals surface area (Å²) in [7, 11) is 1.71. The van der Waals surface area contributed by atoms with E-state index in [9.17, 15) is 4.39 Å². The molecule has 0 radical (unpaired) electrons. The van der Waals surface area contributed by atoms with Gasteiger partial charge in [0.1, 0.15) is 11.6 Å². The average molecular weight is 514 g/mol. The number of benzene rings is 1. The zero-order valence-electron chi connectivity index (χ0n) is 16.3. The maximum atomic E-state index is 14.5. The summed E-state index contributed by atoms with van der Waals surface area (Å²) in [6.45, 7) is 6.97. The van der Waals surface area contributed by atoms with Gasteiger partial charge < -0.3 is 15.2 Å². The van der Waals surface area contributed by atoms with Crippen molar-refractivity contribution < 1.29 is 4.39 Å². The molecule has 150 valence electrons. The van der Waals surface area contributed by atoms with Gasteiger partial charge in [-0.3, -0.25) is 4.99 Å². The van der Waals surface area contributed by atoms with E-state index in [-0.39, 0.29) is 29.8 Å². The molecule has 0 aliphatic rings. The third-order valence-electron chi connectivity index (χ3n) is 4.20. The van der Waals surface area contributed by atoms with Crippen LogP contribution < -0.4 is 10.6 Å². The number of guanidine groups is 1. The minimum atomic E-state index is -0.283. The molecule has 0 saturated heterocycles.